The smallest absolute Gasteiger partial charge is 0.0787 e. The molecule has 19 heavy (non-hydrogen) atoms. The van der Waals surface area contributed by atoms with Gasteiger partial charge in [0.2, 0.25) is 0 Å². The molecule has 2 aromatic rings. The second-order valence-corrected chi connectivity index (χ2v) is 4.93. The highest BCUT2D eigenvalue weighted by atomic mass is 16.3. The van der Waals surface area contributed by atoms with Crippen LogP contribution in [0.1, 0.15) is 48.9 Å². The molecule has 1 atom stereocenters. The maximum atomic E-state index is 9.81. The molecule has 0 bridgehead atoms. The molecule has 0 radical (unpaired) electrons. The van der Waals surface area contributed by atoms with Crippen LogP contribution in [-0.4, -0.2) is 14.9 Å². The van der Waals surface area contributed by atoms with Crippen LogP contribution in [0.15, 0.2) is 24.3 Å². The Bertz CT molecular complexity index is 555. The maximum absolute atomic E-state index is 9.81. The minimum absolute atomic E-state index is 0.374. The summed E-state index contributed by atoms with van der Waals surface area (Å²) in [7, 11) is 0. The van der Waals surface area contributed by atoms with Crippen molar-refractivity contribution in [2.75, 3.05) is 0 Å². The number of aliphatic hydroxyl groups is 1. The van der Waals surface area contributed by atoms with Crippen LogP contribution in [0.5, 0.6) is 0 Å². The molecule has 3 nitrogen and oxygen atoms in total. The monoisotopic (exact) mass is 258 g/mol. The molecule has 1 heterocycles. The molecule has 1 aromatic heterocycles. The number of benzene rings is 1. The largest absolute Gasteiger partial charge is 0.388 e. The molecule has 0 unspecified atom stereocenters. The van der Waals surface area contributed by atoms with E-state index in [1.54, 1.807) is 0 Å². The third-order valence-electron chi connectivity index (χ3n) is 3.70. The Morgan fingerprint density at radius 3 is 2.26 bits per heavy atom. The van der Waals surface area contributed by atoms with Gasteiger partial charge in [0, 0.05) is 5.69 Å². The summed E-state index contributed by atoms with van der Waals surface area (Å²) in [6.07, 6.45) is 1.37. The maximum Gasteiger partial charge on any atom is 0.0787 e. The van der Waals surface area contributed by atoms with Gasteiger partial charge < -0.3 is 5.11 Å². The lowest BCUT2D eigenvalue weighted by molar-refractivity contribution is 0.173. The first-order chi connectivity index (χ1) is 9.08. The summed E-state index contributed by atoms with van der Waals surface area (Å²) in [5.41, 5.74) is 5.62. The average Bonchev–Trinajstić information content (AvgIpc) is 2.72. The van der Waals surface area contributed by atoms with Gasteiger partial charge in [-0.3, -0.25) is 0 Å². The van der Waals surface area contributed by atoms with Crippen molar-refractivity contribution in [3.05, 3.63) is 46.8 Å². The fourth-order valence-corrected chi connectivity index (χ4v) is 2.51. The highest BCUT2D eigenvalue weighted by molar-refractivity contribution is 5.39. The quantitative estimate of drug-likeness (QED) is 0.911. The van der Waals surface area contributed by atoms with Crippen molar-refractivity contribution in [1.82, 2.24) is 9.78 Å². The molecular formula is C16H22N2O. The van der Waals surface area contributed by atoms with E-state index in [0.29, 0.717) is 0 Å². The van der Waals surface area contributed by atoms with Crippen LogP contribution in [-0.2, 0) is 6.42 Å². The Labute approximate surface area is 114 Å². The Hall–Kier alpha value is -1.61. The fraction of sp³-hybridized carbons (Fsp3) is 0.438. The van der Waals surface area contributed by atoms with E-state index >= 15 is 0 Å². The van der Waals surface area contributed by atoms with Crippen LogP contribution in [0.2, 0.25) is 0 Å². The van der Waals surface area contributed by atoms with Gasteiger partial charge >= 0.3 is 0 Å². The molecule has 0 fully saturated rings. The Morgan fingerprint density at radius 2 is 1.79 bits per heavy atom. The van der Waals surface area contributed by atoms with Gasteiger partial charge in [-0.1, -0.05) is 26.0 Å². The summed E-state index contributed by atoms with van der Waals surface area (Å²) >= 11 is 0. The molecule has 1 N–H and O–H groups in total. The molecule has 3 heteroatoms. The Morgan fingerprint density at radius 1 is 1.16 bits per heavy atom. The second-order valence-electron chi connectivity index (χ2n) is 4.93. The molecule has 0 aliphatic rings. The predicted octanol–water partition coefficient (Wildman–Crippen LogP) is 3.49. The van der Waals surface area contributed by atoms with Crippen molar-refractivity contribution in [2.24, 2.45) is 0 Å². The summed E-state index contributed by atoms with van der Waals surface area (Å²) in [4.78, 5) is 0. The molecule has 2 rings (SSSR count). The third kappa shape index (κ3) is 2.56. The lowest BCUT2D eigenvalue weighted by atomic mass is 10.1. The fourth-order valence-electron chi connectivity index (χ4n) is 2.51. The van der Waals surface area contributed by atoms with Crippen molar-refractivity contribution in [1.29, 1.82) is 0 Å². The first-order valence-corrected chi connectivity index (χ1v) is 6.92. The van der Waals surface area contributed by atoms with Crippen LogP contribution in [0.3, 0.4) is 0 Å². The van der Waals surface area contributed by atoms with Crippen LogP contribution in [0, 0.1) is 13.8 Å². The van der Waals surface area contributed by atoms with Crippen LogP contribution >= 0.6 is 0 Å². The standard InChI is InChI=1S/C16H22N2O/c1-5-15-11(3)17-18(12(15)4)14-9-7-13(8-10-14)16(19)6-2/h7-10,16,19H,5-6H2,1-4H3/t16-/m0/s1. The summed E-state index contributed by atoms with van der Waals surface area (Å²) < 4.78 is 1.98. The molecule has 0 aliphatic carbocycles. The van der Waals surface area contributed by atoms with Crippen molar-refractivity contribution in [3.63, 3.8) is 0 Å². The molecule has 0 spiro atoms. The minimum Gasteiger partial charge on any atom is -0.388 e. The number of rotatable bonds is 4. The zero-order valence-electron chi connectivity index (χ0n) is 12.1. The lowest BCUT2D eigenvalue weighted by Gasteiger charge is -2.10. The van der Waals surface area contributed by atoms with E-state index in [-0.39, 0.29) is 6.10 Å². The zero-order chi connectivity index (χ0) is 14.0. The van der Waals surface area contributed by atoms with E-state index in [1.165, 1.54) is 11.3 Å². The lowest BCUT2D eigenvalue weighted by Crippen LogP contribution is -2.01. The minimum atomic E-state index is -0.374. The van der Waals surface area contributed by atoms with Gasteiger partial charge in [-0.25, -0.2) is 4.68 Å². The van der Waals surface area contributed by atoms with E-state index in [1.807, 2.05) is 35.9 Å². The average molecular weight is 258 g/mol. The number of hydrogen-bond acceptors (Lipinski definition) is 2. The van der Waals surface area contributed by atoms with Gasteiger partial charge in [0.25, 0.3) is 0 Å². The van der Waals surface area contributed by atoms with Gasteiger partial charge in [-0.2, -0.15) is 5.10 Å². The van der Waals surface area contributed by atoms with Gasteiger partial charge in [-0.05, 0) is 49.9 Å². The van der Waals surface area contributed by atoms with E-state index in [4.69, 9.17) is 0 Å². The van der Waals surface area contributed by atoms with E-state index in [2.05, 4.69) is 25.9 Å². The Balaban J connectivity index is 2.37. The number of aromatic nitrogens is 2. The van der Waals surface area contributed by atoms with Gasteiger partial charge in [-0.15, -0.1) is 0 Å². The molecule has 0 saturated heterocycles. The number of nitrogens with zero attached hydrogens (tertiary/aromatic N) is 2. The molecule has 1 aromatic carbocycles. The van der Waals surface area contributed by atoms with Crippen LogP contribution < -0.4 is 0 Å². The SMILES string of the molecule is CCc1c(C)nn(-c2ccc([C@@H](O)CC)cc2)c1C. The molecule has 0 aliphatic heterocycles. The van der Waals surface area contributed by atoms with Crippen molar-refractivity contribution in [2.45, 2.75) is 46.6 Å². The van der Waals surface area contributed by atoms with Gasteiger partial charge in [0.1, 0.15) is 0 Å². The number of aryl methyl sites for hydroxylation is 1. The predicted molar refractivity (Wildman–Crippen MR) is 77.7 cm³/mol. The number of aliphatic hydroxyl groups excluding tert-OH is 1. The first kappa shape index (κ1) is 13.8. The van der Waals surface area contributed by atoms with E-state index < -0.39 is 0 Å². The normalized spacial score (nSPS) is 12.7. The van der Waals surface area contributed by atoms with Crippen LogP contribution in [0.4, 0.5) is 0 Å². The first-order valence-electron chi connectivity index (χ1n) is 6.92. The highest BCUT2D eigenvalue weighted by Crippen LogP contribution is 2.21. The zero-order valence-corrected chi connectivity index (χ0v) is 12.1. The van der Waals surface area contributed by atoms with Crippen molar-refractivity contribution < 1.29 is 5.11 Å². The molecular weight excluding hydrogens is 236 g/mol. The van der Waals surface area contributed by atoms with Gasteiger partial charge in [0.05, 0.1) is 17.5 Å². The Kier molecular flexibility index (Phi) is 4.05. The van der Waals surface area contributed by atoms with E-state index in [9.17, 15) is 5.11 Å². The van der Waals surface area contributed by atoms with Crippen LogP contribution in [0.25, 0.3) is 5.69 Å². The summed E-state index contributed by atoms with van der Waals surface area (Å²) in [6.45, 7) is 8.29. The van der Waals surface area contributed by atoms with Crippen molar-refractivity contribution in [3.8, 4) is 5.69 Å². The van der Waals surface area contributed by atoms with Crippen molar-refractivity contribution >= 4 is 0 Å². The summed E-state index contributed by atoms with van der Waals surface area (Å²) in [6, 6.07) is 8.00. The molecule has 102 valence electrons. The summed E-state index contributed by atoms with van der Waals surface area (Å²) in [5, 5.41) is 14.4. The second kappa shape index (κ2) is 5.57. The molecule has 0 amide bonds. The summed E-state index contributed by atoms with van der Waals surface area (Å²) in [5.74, 6) is 0. The molecule has 0 saturated carbocycles. The van der Waals surface area contributed by atoms with Gasteiger partial charge in [0.15, 0.2) is 0 Å². The highest BCUT2D eigenvalue weighted by Gasteiger charge is 2.11. The van der Waals surface area contributed by atoms with E-state index in [0.717, 1.165) is 29.8 Å². The number of hydrogen-bond donors (Lipinski definition) is 1. The third-order valence-corrected chi connectivity index (χ3v) is 3.70. The topological polar surface area (TPSA) is 38.0 Å².